The standard InChI is InChI=1S/C23H14N2O5/c26-23(21-11-10-19(29-21)14-4-3-5-16(12-14)25(27)28)24-15-8-9-18-17-6-1-2-7-20(17)30-22(18)13-15/h1-13H,(H,24,26). The Bertz CT molecular complexity index is 1430. The van der Waals surface area contributed by atoms with Crippen LogP contribution in [0.25, 0.3) is 33.3 Å². The number of benzene rings is 3. The first-order chi connectivity index (χ1) is 14.6. The number of nitro groups is 1. The number of furan rings is 2. The Kier molecular flexibility index (Phi) is 4.07. The number of nitro benzene ring substituents is 1. The van der Waals surface area contributed by atoms with Crippen LogP contribution in [0.4, 0.5) is 11.4 Å². The van der Waals surface area contributed by atoms with Crippen molar-refractivity contribution < 1.29 is 18.6 Å². The van der Waals surface area contributed by atoms with Gasteiger partial charge >= 0.3 is 0 Å². The molecule has 7 nitrogen and oxygen atoms in total. The number of rotatable bonds is 4. The molecule has 0 aliphatic rings. The van der Waals surface area contributed by atoms with Crippen LogP contribution < -0.4 is 5.32 Å². The summed E-state index contributed by atoms with van der Waals surface area (Å²) in [6.45, 7) is 0. The highest BCUT2D eigenvalue weighted by Gasteiger charge is 2.15. The van der Waals surface area contributed by atoms with E-state index in [0.29, 0.717) is 22.6 Å². The van der Waals surface area contributed by atoms with Crippen molar-refractivity contribution in [3.63, 3.8) is 0 Å². The molecule has 2 aromatic heterocycles. The molecule has 0 unspecified atom stereocenters. The zero-order chi connectivity index (χ0) is 20.7. The summed E-state index contributed by atoms with van der Waals surface area (Å²) < 4.78 is 11.5. The smallest absolute Gasteiger partial charge is 0.291 e. The summed E-state index contributed by atoms with van der Waals surface area (Å²) in [7, 11) is 0. The van der Waals surface area contributed by atoms with Crippen molar-refractivity contribution >= 4 is 39.2 Å². The summed E-state index contributed by atoms with van der Waals surface area (Å²) in [5.41, 5.74) is 2.50. The number of non-ortho nitro benzene ring substituents is 1. The van der Waals surface area contributed by atoms with Gasteiger partial charge in [-0.3, -0.25) is 14.9 Å². The molecule has 0 saturated carbocycles. The Morgan fingerprint density at radius 3 is 2.53 bits per heavy atom. The molecule has 5 rings (SSSR count). The second kappa shape index (κ2) is 6.89. The van der Waals surface area contributed by atoms with Gasteiger partial charge in [0, 0.05) is 40.2 Å². The first-order valence-corrected chi connectivity index (χ1v) is 9.16. The third-order valence-electron chi connectivity index (χ3n) is 4.81. The van der Waals surface area contributed by atoms with E-state index in [1.54, 1.807) is 30.3 Å². The van der Waals surface area contributed by atoms with E-state index in [2.05, 4.69) is 5.32 Å². The Morgan fingerprint density at radius 1 is 0.833 bits per heavy atom. The fraction of sp³-hybridized carbons (Fsp3) is 0. The van der Waals surface area contributed by atoms with Crippen molar-refractivity contribution in [1.82, 2.24) is 0 Å². The quantitative estimate of drug-likeness (QED) is 0.295. The fourth-order valence-corrected chi connectivity index (χ4v) is 3.38. The van der Waals surface area contributed by atoms with Gasteiger partial charge in [0.2, 0.25) is 0 Å². The predicted octanol–water partition coefficient (Wildman–Crippen LogP) is 6.01. The topological polar surface area (TPSA) is 98.5 Å². The second-order valence-corrected chi connectivity index (χ2v) is 6.73. The molecule has 0 aliphatic carbocycles. The highest BCUT2D eigenvalue weighted by atomic mass is 16.6. The SMILES string of the molecule is O=C(Nc1ccc2c(c1)oc1ccccc12)c1ccc(-c2cccc([N+](=O)[O-])c2)o1. The van der Waals surface area contributed by atoms with Crippen molar-refractivity contribution in [3.8, 4) is 11.3 Å². The molecule has 30 heavy (non-hydrogen) atoms. The van der Waals surface area contributed by atoms with Gasteiger partial charge in [0.1, 0.15) is 16.9 Å². The van der Waals surface area contributed by atoms with Gasteiger partial charge in [-0.1, -0.05) is 30.3 Å². The van der Waals surface area contributed by atoms with Crippen LogP contribution in [0.1, 0.15) is 10.6 Å². The summed E-state index contributed by atoms with van der Waals surface area (Å²) in [6.07, 6.45) is 0. The van der Waals surface area contributed by atoms with E-state index < -0.39 is 10.8 Å². The number of hydrogen-bond acceptors (Lipinski definition) is 5. The lowest BCUT2D eigenvalue weighted by Gasteiger charge is -2.03. The van der Waals surface area contributed by atoms with E-state index in [4.69, 9.17) is 8.83 Å². The molecule has 7 heteroatoms. The van der Waals surface area contributed by atoms with Gasteiger partial charge in [-0.2, -0.15) is 0 Å². The molecule has 0 saturated heterocycles. The fourth-order valence-electron chi connectivity index (χ4n) is 3.38. The van der Waals surface area contributed by atoms with Crippen LogP contribution in [-0.4, -0.2) is 10.8 Å². The van der Waals surface area contributed by atoms with Gasteiger partial charge in [-0.15, -0.1) is 0 Å². The molecule has 1 N–H and O–H groups in total. The summed E-state index contributed by atoms with van der Waals surface area (Å²) in [5, 5.41) is 15.7. The minimum absolute atomic E-state index is 0.0472. The van der Waals surface area contributed by atoms with Crippen molar-refractivity contribution in [2.45, 2.75) is 0 Å². The van der Waals surface area contributed by atoms with Crippen LogP contribution in [0.2, 0.25) is 0 Å². The third kappa shape index (κ3) is 3.08. The van der Waals surface area contributed by atoms with Crippen molar-refractivity contribution in [1.29, 1.82) is 0 Å². The molecule has 5 aromatic rings. The molecule has 3 aromatic carbocycles. The zero-order valence-electron chi connectivity index (χ0n) is 15.5. The monoisotopic (exact) mass is 398 g/mol. The number of carbonyl (C=O) groups excluding carboxylic acids is 1. The number of nitrogens with zero attached hydrogens (tertiary/aromatic N) is 1. The zero-order valence-corrected chi connectivity index (χ0v) is 15.5. The number of hydrogen-bond donors (Lipinski definition) is 1. The van der Waals surface area contributed by atoms with Crippen LogP contribution in [0.3, 0.4) is 0 Å². The lowest BCUT2D eigenvalue weighted by Crippen LogP contribution is -2.10. The minimum Gasteiger partial charge on any atom is -0.456 e. The van der Waals surface area contributed by atoms with Gasteiger partial charge in [-0.05, 0) is 30.3 Å². The molecule has 0 fully saturated rings. The van der Waals surface area contributed by atoms with E-state index in [9.17, 15) is 14.9 Å². The van der Waals surface area contributed by atoms with Gasteiger partial charge in [-0.25, -0.2) is 0 Å². The first-order valence-electron chi connectivity index (χ1n) is 9.16. The number of carbonyl (C=O) groups is 1. The number of anilines is 1. The Hall–Kier alpha value is -4.39. The number of nitrogens with one attached hydrogen (secondary N) is 1. The molecular weight excluding hydrogens is 384 g/mol. The van der Waals surface area contributed by atoms with Crippen LogP contribution in [-0.2, 0) is 0 Å². The van der Waals surface area contributed by atoms with Gasteiger partial charge in [0.05, 0.1) is 4.92 Å². The third-order valence-corrected chi connectivity index (χ3v) is 4.81. The largest absolute Gasteiger partial charge is 0.456 e. The van der Waals surface area contributed by atoms with Crippen LogP contribution in [0.15, 0.2) is 87.7 Å². The summed E-state index contributed by atoms with van der Waals surface area (Å²) in [4.78, 5) is 23.1. The van der Waals surface area contributed by atoms with Crippen molar-refractivity contribution in [2.24, 2.45) is 0 Å². The van der Waals surface area contributed by atoms with E-state index >= 15 is 0 Å². The van der Waals surface area contributed by atoms with Crippen molar-refractivity contribution in [2.75, 3.05) is 5.32 Å². The lowest BCUT2D eigenvalue weighted by molar-refractivity contribution is -0.384. The Morgan fingerprint density at radius 2 is 1.67 bits per heavy atom. The van der Waals surface area contributed by atoms with E-state index in [1.165, 1.54) is 18.2 Å². The average molecular weight is 398 g/mol. The molecule has 0 bridgehead atoms. The average Bonchev–Trinajstić information content (AvgIpc) is 3.38. The van der Waals surface area contributed by atoms with Gasteiger partial charge < -0.3 is 14.2 Å². The Labute approximate surface area is 169 Å². The maximum absolute atomic E-state index is 12.6. The molecule has 2 heterocycles. The van der Waals surface area contributed by atoms with Crippen LogP contribution >= 0.6 is 0 Å². The van der Waals surface area contributed by atoms with E-state index in [0.717, 1.165) is 16.4 Å². The van der Waals surface area contributed by atoms with E-state index in [1.807, 2.05) is 30.3 Å². The molecule has 0 atom stereocenters. The summed E-state index contributed by atoms with van der Waals surface area (Å²) >= 11 is 0. The predicted molar refractivity (Wildman–Crippen MR) is 112 cm³/mol. The molecule has 0 radical (unpaired) electrons. The maximum Gasteiger partial charge on any atom is 0.291 e. The number of para-hydroxylation sites is 1. The van der Waals surface area contributed by atoms with Gasteiger partial charge in [0.25, 0.3) is 11.6 Å². The summed E-state index contributed by atoms with van der Waals surface area (Å²) in [6, 6.07) is 22.4. The molecule has 0 aliphatic heterocycles. The van der Waals surface area contributed by atoms with Crippen LogP contribution in [0, 0.1) is 10.1 Å². The second-order valence-electron chi connectivity index (χ2n) is 6.73. The molecule has 1 amide bonds. The molecular formula is C23H14N2O5. The van der Waals surface area contributed by atoms with Crippen molar-refractivity contribution in [3.05, 3.63) is 94.7 Å². The maximum atomic E-state index is 12.6. The van der Waals surface area contributed by atoms with E-state index in [-0.39, 0.29) is 11.4 Å². The molecule has 146 valence electrons. The normalized spacial score (nSPS) is 11.1. The highest BCUT2D eigenvalue weighted by molar-refractivity contribution is 6.08. The minimum atomic E-state index is -0.478. The number of amides is 1. The molecule has 0 spiro atoms. The van der Waals surface area contributed by atoms with Crippen LogP contribution in [0.5, 0.6) is 0 Å². The Balaban J connectivity index is 1.40. The summed E-state index contributed by atoms with van der Waals surface area (Å²) in [5.74, 6) is 0.0416. The first kappa shape index (κ1) is 17.7. The highest BCUT2D eigenvalue weighted by Crippen LogP contribution is 2.31. The van der Waals surface area contributed by atoms with Gasteiger partial charge in [0.15, 0.2) is 5.76 Å². The number of fused-ring (bicyclic) bond motifs is 3. The lowest BCUT2D eigenvalue weighted by atomic mass is 10.1.